The highest BCUT2D eigenvalue weighted by Gasteiger charge is 2.10. The van der Waals surface area contributed by atoms with Crippen LogP contribution in [0.15, 0.2) is 40.7 Å². The van der Waals surface area contributed by atoms with Crippen LogP contribution in [0.4, 0.5) is 0 Å². The van der Waals surface area contributed by atoms with E-state index >= 15 is 0 Å². The molecule has 0 aliphatic carbocycles. The molecule has 4 nitrogen and oxygen atoms in total. The van der Waals surface area contributed by atoms with E-state index in [0.29, 0.717) is 0 Å². The van der Waals surface area contributed by atoms with E-state index in [2.05, 4.69) is 15.9 Å². The van der Waals surface area contributed by atoms with Gasteiger partial charge in [-0.25, -0.2) is 0 Å². The van der Waals surface area contributed by atoms with Crippen LogP contribution in [-0.2, 0) is 20.9 Å². The molecule has 0 bridgehead atoms. The summed E-state index contributed by atoms with van der Waals surface area (Å²) in [4.78, 5) is 21.1. The molecule has 0 heterocycles. The number of hydrogen-bond donors (Lipinski definition) is 1. The molecule has 0 saturated heterocycles. The molecule has 0 unspecified atom stereocenters. The Labute approximate surface area is 101 Å². The number of carbonyl (C=O) groups excluding carboxylic acids is 2. The highest BCUT2D eigenvalue weighted by Crippen LogP contribution is 2.11. The predicted octanol–water partition coefficient (Wildman–Crippen LogP) is 1.49. The van der Waals surface area contributed by atoms with E-state index in [9.17, 15) is 9.59 Å². The average Bonchev–Trinajstić information content (AvgIpc) is 2.35. The van der Waals surface area contributed by atoms with Crippen molar-refractivity contribution < 1.29 is 14.3 Å². The Morgan fingerprint density at radius 1 is 1.38 bits per heavy atom. The lowest BCUT2D eigenvalue weighted by Crippen LogP contribution is -2.10. The number of Topliss-reactive ketones (excluding diaryl/α,β-unsaturated/α-hetero) is 1. The van der Waals surface area contributed by atoms with Crippen LogP contribution >= 0.6 is 15.9 Å². The Balaban J connectivity index is 2.62. The third-order valence-corrected chi connectivity index (χ3v) is 2.56. The number of ketones is 1. The summed E-state index contributed by atoms with van der Waals surface area (Å²) in [5.74, 6) is -0.841. The molecule has 0 amide bonds. The van der Waals surface area contributed by atoms with Gasteiger partial charge >= 0.3 is 0 Å². The molecular weight excluding hydrogens is 274 g/mol. The average molecular weight is 284 g/mol. The van der Waals surface area contributed by atoms with Gasteiger partial charge in [0.05, 0.1) is 0 Å². The number of ether oxygens (including phenoxy) is 1. The van der Waals surface area contributed by atoms with Crippen molar-refractivity contribution in [2.75, 3.05) is 0 Å². The summed E-state index contributed by atoms with van der Waals surface area (Å²) >= 11 is 2.89. The van der Waals surface area contributed by atoms with E-state index in [1.54, 1.807) is 0 Å². The van der Waals surface area contributed by atoms with Crippen LogP contribution in [0.25, 0.3) is 0 Å². The molecule has 0 atom stereocenters. The molecule has 0 aliphatic heterocycles. The van der Waals surface area contributed by atoms with Gasteiger partial charge in [0, 0.05) is 0 Å². The first-order valence-corrected chi connectivity index (χ1v) is 5.26. The van der Waals surface area contributed by atoms with Crippen LogP contribution in [0.2, 0.25) is 0 Å². The van der Waals surface area contributed by atoms with Crippen molar-refractivity contribution >= 4 is 28.0 Å². The summed E-state index contributed by atoms with van der Waals surface area (Å²) in [5.41, 5.74) is 6.39. The summed E-state index contributed by atoms with van der Waals surface area (Å²) in [6.45, 7) is 0.244. The third kappa shape index (κ3) is 3.51. The van der Waals surface area contributed by atoms with Crippen LogP contribution in [0.3, 0.4) is 0 Å². The largest absolute Gasteiger partial charge is 0.474 e. The number of benzene rings is 1. The summed E-state index contributed by atoms with van der Waals surface area (Å²) < 4.78 is 5.09. The topological polar surface area (TPSA) is 69.4 Å². The van der Waals surface area contributed by atoms with Crippen LogP contribution in [0.5, 0.6) is 0 Å². The lowest BCUT2D eigenvalue weighted by molar-refractivity contribution is -0.127. The molecule has 0 aromatic heterocycles. The fourth-order valence-electron chi connectivity index (χ4n) is 0.972. The van der Waals surface area contributed by atoms with Gasteiger partial charge in [-0.15, -0.1) is 0 Å². The highest BCUT2D eigenvalue weighted by molar-refractivity contribution is 9.12. The molecule has 1 rings (SSSR count). The molecule has 5 heteroatoms. The van der Waals surface area contributed by atoms with E-state index in [1.807, 2.05) is 30.3 Å². The second-order valence-corrected chi connectivity index (χ2v) is 3.73. The normalized spacial score (nSPS) is 11.6. The van der Waals surface area contributed by atoms with Crippen molar-refractivity contribution in [2.45, 2.75) is 6.61 Å². The summed E-state index contributed by atoms with van der Waals surface area (Å²) in [5, 5.41) is 0. The molecule has 0 aliphatic rings. The zero-order valence-corrected chi connectivity index (χ0v) is 9.94. The van der Waals surface area contributed by atoms with Crippen molar-refractivity contribution in [1.82, 2.24) is 0 Å². The molecule has 1 aromatic carbocycles. The van der Waals surface area contributed by atoms with Crippen molar-refractivity contribution in [1.29, 1.82) is 0 Å². The van der Waals surface area contributed by atoms with Crippen LogP contribution < -0.4 is 5.73 Å². The lowest BCUT2D eigenvalue weighted by Gasteiger charge is -2.06. The fourth-order valence-corrected chi connectivity index (χ4v) is 1.18. The van der Waals surface area contributed by atoms with Gasteiger partial charge in [0.15, 0.2) is 6.29 Å². The Kier molecular flexibility index (Phi) is 4.72. The van der Waals surface area contributed by atoms with E-state index in [4.69, 9.17) is 10.5 Å². The number of allylic oxidation sites excluding steroid dienone is 1. The minimum Gasteiger partial charge on any atom is -0.474 e. The Morgan fingerprint density at radius 2 is 2.00 bits per heavy atom. The highest BCUT2D eigenvalue weighted by atomic mass is 79.9. The van der Waals surface area contributed by atoms with Gasteiger partial charge in [0.25, 0.3) is 0 Å². The van der Waals surface area contributed by atoms with Gasteiger partial charge < -0.3 is 10.5 Å². The molecule has 1 aromatic rings. The third-order valence-electron chi connectivity index (χ3n) is 1.78. The molecule has 2 N–H and O–H groups in total. The van der Waals surface area contributed by atoms with Crippen LogP contribution in [0, 0.1) is 0 Å². The van der Waals surface area contributed by atoms with E-state index < -0.39 is 5.78 Å². The fraction of sp³-hybridized carbons (Fsp3) is 0.0909. The standard InChI is InChI=1S/C11H10BrNO3/c12-10(9(15)6-14)11(13)16-7-8-4-2-1-3-5-8/h1-6H,7,13H2/b11-10-. The number of carbonyl (C=O) groups is 2. The Bertz CT molecular complexity index is 414. The van der Waals surface area contributed by atoms with Crippen molar-refractivity contribution in [3.8, 4) is 0 Å². The van der Waals surface area contributed by atoms with E-state index in [1.165, 1.54) is 0 Å². The summed E-state index contributed by atoms with van der Waals surface area (Å²) in [7, 11) is 0. The second kappa shape index (κ2) is 6.07. The van der Waals surface area contributed by atoms with Gasteiger partial charge in [-0.1, -0.05) is 30.3 Å². The number of hydrogen-bond acceptors (Lipinski definition) is 4. The maximum Gasteiger partial charge on any atom is 0.237 e. The van der Waals surface area contributed by atoms with Crippen LogP contribution in [0.1, 0.15) is 5.56 Å². The van der Waals surface area contributed by atoms with Gasteiger partial charge in [0.2, 0.25) is 11.7 Å². The number of rotatable bonds is 5. The number of halogens is 1. The molecule has 0 spiro atoms. The quantitative estimate of drug-likeness (QED) is 0.385. The van der Waals surface area contributed by atoms with Gasteiger partial charge in [0.1, 0.15) is 11.1 Å². The maximum atomic E-state index is 10.9. The molecule has 16 heavy (non-hydrogen) atoms. The minimum atomic E-state index is -0.745. The monoisotopic (exact) mass is 283 g/mol. The van der Waals surface area contributed by atoms with Gasteiger partial charge in [-0.05, 0) is 21.5 Å². The van der Waals surface area contributed by atoms with Gasteiger partial charge in [-0.3, -0.25) is 9.59 Å². The van der Waals surface area contributed by atoms with Crippen molar-refractivity contribution in [2.24, 2.45) is 5.73 Å². The predicted molar refractivity (Wildman–Crippen MR) is 62.4 cm³/mol. The molecule has 0 fully saturated rings. The molecule has 0 radical (unpaired) electrons. The Hall–Kier alpha value is -1.62. The van der Waals surface area contributed by atoms with Crippen molar-refractivity contribution in [3.63, 3.8) is 0 Å². The lowest BCUT2D eigenvalue weighted by atomic mass is 10.2. The zero-order chi connectivity index (χ0) is 12.0. The molecular formula is C11H10BrNO3. The second-order valence-electron chi connectivity index (χ2n) is 2.93. The maximum absolute atomic E-state index is 10.9. The summed E-state index contributed by atoms with van der Waals surface area (Å²) in [6, 6.07) is 9.34. The number of aldehydes is 1. The first-order chi connectivity index (χ1) is 7.65. The van der Waals surface area contributed by atoms with E-state index in [-0.39, 0.29) is 23.3 Å². The molecule has 0 saturated carbocycles. The number of nitrogens with two attached hydrogens (primary N) is 1. The minimum absolute atomic E-state index is 0.0570. The SMILES string of the molecule is N/C(OCc1ccccc1)=C(/Br)C(=O)C=O. The first-order valence-electron chi connectivity index (χ1n) is 4.46. The van der Waals surface area contributed by atoms with Crippen LogP contribution in [-0.4, -0.2) is 12.1 Å². The summed E-state index contributed by atoms with van der Waals surface area (Å²) in [6.07, 6.45) is 0.169. The van der Waals surface area contributed by atoms with Crippen molar-refractivity contribution in [3.05, 3.63) is 46.3 Å². The van der Waals surface area contributed by atoms with E-state index in [0.717, 1.165) is 5.56 Å². The smallest absolute Gasteiger partial charge is 0.237 e. The zero-order valence-electron chi connectivity index (χ0n) is 8.35. The first kappa shape index (κ1) is 12.4. The van der Waals surface area contributed by atoms with Gasteiger partial charge in [-0.2, -0.15) is 0 Å². The Morgan fingerprint density at radius 3 is 2.56 bits per heavy atom. The molecule has 84 valence electrons.